The first-order valence-corrected chi connectivity index (χ1v) is 4.79. The van der Waals surface area contributed by atoms with Gasteiger partial charge in [-0.25, -0.2) is 0 Å². The largest absolute Gasteiger partial charge is 0.498 e. The van der Waals surface area contributed by atoms with Gasteiger partial charge in [-0.2, -0.15) is 0 Å². The average Bonchev–Trinajstić information content (AvgIpc) is 2.72. The molecule has 1 heterocycles. The van der Waals surface area contributed by atoms with Crippen molar-refractivity contribution >= 4 is 5.78 Å². The van der Waals surface area contributed by atoms with Crippen LogP contribution in [0.3, 0.4) is 0 Å². The molecule has 72 valence electrons. The topological polar surface area (TPSA) is 26.3 Å². The van der Waals surface area contributed by atoms with E-state index in [4.69, 9.17) is 4.74 Å². The summed E-state index contributed by atoms with van der Waals surface area (Å²) in [6.07, 6.45) is 3.51. The van der Waals surface area contributed by atoms with Crippen molar-refractivity contribution in [3.63, 3.8) is 0 Å². The van der Waals surface area contributed by atoms with Gasteiger partial charge in [-0.3, -0.25) is 4.79 Å². The second-order valence-electron chi connectivity index (χ2n) is 3.29. The minimum Gasteiger partial charge on any atom is -0.498 e. The van der Waals surface area contributed by atoms with Crippen LogP contribution in [0, 0.1) is 0 Å². The zero-order valence-electron chi connectivity index (χ0n) is 7.90. The maximum Gasteiger partial charge on any atom is 0.189 e. The summed E-state index contributed by atoms with van der Waals surface area (Å²) in [5.41, 5.74) is 0.718. The van der Waals surface area contributed by atoms with Gasteiger partial charge in [0, 0.05) is 18.1 Å². The second kappa shape index (κ2) is 4.09. The molecule has 0 unspecified atom stereocenters. The van der Waals surface area contributed by atoms with E-state index in [1.807, 2.05) is 30.3 Å². The Labute approximate surface area is 83.2 Å². The van der Waals surface area contributed by atoms with Gasteiger partial charge in [-0.1, -0.05) is 30.3 Å². The van der Waals surface area contributed by atoms with Gasteiger partial charge in [0.15, 0.2) is 5.78 Å². The van der Waals surface area contributed by atoms with Gasteiger partial charge in [0.05, 0.1) is 12.4 Å². The highest BCUT2D eigenvalue weighted by atomic mass is 16.5. The molecular weight excluding hydrogens is 176 g/mol. The third kappa shape index (κ3) is 2.02. The van der Waals surface area contributed by atoms with Crippen molar-refractivity contribution in [2.24, 2.45) is 0 Å². The number of benzene rings is 1. The molecule has 2 rings (SSSR count). The molecule has 1 fully saturated rings. The summed E-state index contributed by atoms with van der Waals surface area (Å²) in [5, 5.41) is 0. The molecule has 0 spiro atoms. The van der Waals surface area contributed by atoms with E-state index < -0.39 is 0 Å². The van der Waals surface area contributed by atoms with Crippen molar-refractivity contribution in [3.8, 4) is 0 Å². The van der Waals surface area contributed by atoms with E-state index >= 15 is 0 Å². The lowest BCUT2D eigenvalue weighted by Gasteiger charge is -1.97. The van der Waals surface area contributed by atoms with Crippen molar-refractivity contribution in [1.82, 2.24) is 0 Å². The summed E-state index contributed by atoms with van der Waals surface area (Å²) < 4.78 is 5.29. The molecule has 0 bridgehead atoms. The van der Waals surface area contributed by atoms with Crippen LogP contribution >= 0.6 is 0 Å². The lowest BCUT2D eigenvalue weighted by Crippen LogP contribution is -1.95. The van der Waals surface area contributed by atoms with Gasteiger partial charge in [-0.05, 0) is 6.42 Å². The van der Waals surface area contributed by atoms with Crippen LogP contribution in [-0.4, -0.2) is 12.4 Å². The van der Waals surface area contributed by atoms with Crippen LogP contribution in [0.5, 0.6) is 0 Å². The highest BCUT2D eigenvalue weighted by Crippen LogP contribution is 2.16. The fourth-order valence-electron chi connectivity index (χ4n) is 1.47. The summed E-state index contributed by atoms with van der Waals surface area (Å²) in [6.45, 7) is 0.744. The Hall–Kier alpha value is -1.57. The molecule has 1 saturated heterocycles. The first-order valence-electron chi connectivity index (χ1n) is 4.79. The Bertz CT molecular complexity index is 344. The number of carbonyl (C=O) groups excluding carboxylic acids is 1. The van der Waals surface area contributed by atoms with E-state index in [0.717, 1.165) is 30.8 Å². The molecule has 0 atom stereocenters. The monoisotopic (exact) mass is 188 g/mol. The zero-order valence-corrected chi connectivity index (χ0v) is 7.90. The van der Waals surface area contributed by atoms with E-state index in [9.17, 15) is 4.79 Å². The SMILES string of the molecule is O=C(/C=C1\CCCO1)c1ccccc1. The molecule has 0 saturated carbocycles. The summed E-state index contributed by atoms with van der Waals surface area (Å²) in [7, 11) is 0. The van der Waals surface area contributed by atoms with E-state index in [2.05, 4.69) is 0 Å². The highest BCUT2D eigenvalue weighted by Gasteiger charge is 2.10. The molecule has 0 aliphatic carbocycles. The molecule has 0 aromatic heterocycles. The normalized spacial score (nSPS) is 18.1. The van der Waals surface area contributed by atoms with Crippen LogP contribution in [0.2, 0.25) is 0 Å². The zero-order chi connectivity index (χ0) is 9.80. The van der Waals surface area contributed by atoms with Crippen LogP contribution in [0.4, 0.5) is 0 Å². The van der Waals surface area contributed by atoms with Crippen LogP contribution in [0.25, 0.3) is 0 Å². The van der Waals surface area contributed by atoms with Crippen molar-refractivity contribution in [2.45, 2.75) is 12.8 Å². The van der Waals surface area contributed by atoms with E-state index in [-0.39, 0.29) is 5.78 Å². The molecule has 0 radical (unpaired) electrons. The van der Waals surface area contributed by atoms with Crippen molar-refractivity contribution in [1.29, 1.82) is 0 Å². The number of ether oxygens (including phenoxy) is 1. The average molecular weight is 188 g/mol. The molecule has 0 amide bonds. The molecule has 2 heteroatoms. The Morgan fingerprint density at radius 2 is 2.07 bits per heavy atom. The van der Waals surface area contributed by atoms with E-state index in [1.54, 1.807) is 6.08 Å². The highest BCUT2D eigenvalue weighted by molar-refractivity contribution is 6.04. The van der Waals surface area contributed by atoms with Crippen molar-refractivity contribution < 1.29 is 9.53 Å². The molecule has 1 aromatic rings. The fourth-order valence-corrected chi connectivity index (χ4v) is 1.47. The van der Waals surface area contributed by atoms with Crippen molar-refractivity contribution in [3.05, 3.63) is 47.7 Å². The smallest absolute Gasteiger partial charge is 0.189 e. The number of hydrogen-bond donors (Lipinski definition) is 0. The Kier molecular flexibility index (Phi) is 2.63. The Morgan fingerprint density at radius 3 is 2.71 bits per heavy atom. The Balaban J connectivity index is 2.13. The lowest BCUT2D eigenvalue weighted by molar-refractivity contribution is 0.104. The van der Waals surface area contributed by atoms with Gasteiger partial charge >= 0.3 is 0 Å². The summed E-state index contributed by atoms with van der Waals surface area (Å²) in [4.78, 5) is 11.6. The van der Waals surface area contributed by atoms with Crippen molar-refractivity contribution in [2.75, 3.05) is 6.61 Å². The predicted molar refractivity (Wildman–Crippen MR) is 54.0 cm³/mol. The van der Waals surface area contributed by atoms with Crippen LogP contribution in [-0.2, 0) is 4.74 Å². The summed E-state index contributed by atoms with van der Waals surface area (Å²) >= 11 is 0. The molecule has 0 N–H and O–H groups in total. The predicted octanol–water partition coefficient (Wildman–Crippen LogP) is 2.56. The van der Waals surface area contributed by atoms with Crippen LogP contribution < -0.4 is 0 Å². The molecule has 2 nitrogen and oxygen atoms in total. The summed E-state index contributed by atoms with van der Waals surface area (Å²) in [5.74, 6) is 0.848. The van der Waals surface area contributed by atoms with Crippen LogP contribution in [0.1, 0.15) is 23.2 Å². The fraction of sp³-hybridized carbons (Fsp3) is 0.250. The lowest BCUT2D eigenvalue weighted by atomic mass is 10.1. The maximum atomic E-state index is 11.6. The molecule has 1 aliphatic rings. The first kappa shape index (κ1) is 9.00. The summed E-state index contributed by atoms with van der Waals surface area (Å²) in [6, 6.07) is 9.25. The Morgan fingerprint density at radius 1 is 1.29 bits per heavy atom. The van der Waals surface area contributed by atoms with Gasteiger partial charge in [0.1, 0.15) is 0 Å². The number of hydrogen-bond acceptors (Lipinski definition) is 2. The first-order chi connectivity index (χ1) is 6.86. The number of carbonyl (C=O) groups is 1. The number of rotatable bonds is 2. The minimum atomic E-state index is 0.0301. The minimum absolute atomic E-state index is 0.0301. The molecule has 1 aliphatic heterocycles. The second-order valence-corrected chi connectivity index (χ2v) is 3.29. The number of ketones is 1. The van der Waals surface area contributed by atoms with E-state index in [1.165, 1.54) is 0 Å². The van der Waals surface area contributed by atoms with Gasteiger partial charge in [0.2, 0.25) is 0 Å². The van der Waals surface area contributed by atoms with E-state index in [0.29, 0.717) is 0 Å². The molecular formula is C12H12O2. The van der Waals surface area contributed by atoms with Gasteiger partial charge < -0.3 is 4.74 Å². The molecule has 1 aromatic carbocycles. The molecule has 14 heavy (non-hydrogen) atoms. The van der Waals surface area contributed by atoms with Gasteiger partial charge in [0.25, 0.3) is 0 Å². The third-order valence-electron chi connectivity index (χ3n) is 2.21. The maximum absolute atomic E-state index is 11.6. The third-order valence-corrected chi connectivity index (χ3v) is 2.21. The van der Waals surface area contributed by atoms with Gasteiger partial charge in [-0.15, -0.1) is 0 Å². The quantitative estimate of drug-likeness (QED) is 0.526. The van der Waals surface area contributed by atoms with Crippen LogP contribution in [0.15, 0.2) is 42.2 Å². The standard InChI is InChI=1S/C12H12O2/c13-12(9-11-7-4-8-14-11)10-5-2-1-3-6-10/h1-3,5-6,9H,4,7-8H2/b11-9+. The number of allylic oxidation sites excluding steroid dienone is 2.